The maximum absolute atomic E-state index is 10.6. The van der Waals surface area contributed by atoms with E-state index in [2.05, 4.69) is 4.90 Å². The smallest absolute Gasteiger partial charge is 0.231 e. The van der Waals surface area contributed by atoms with E-state index in [4.69, 9.17) is 18.9 Å². The SMILES string of the molecule is COc1ccc([C@@H](c2cc3c(cc2O)OCO3)N2CCOCC2)cc1. The van der Waals surface area contributed by atoms with E-state index < -0.39 is 0 Å². The third-order valence-corrected chi connectivity index (χ3v) is 4.66. The molecule has 0 aromatic heterocycles. The van der Waals surface area contributed by atoms with Gasteiger partial charge in [-0.15, -0.1) is 0 Å². The monoisotopic (exact) mass is 343 g/mol. The lowest BCUT2D eigenvalue weighted by Crippen LogP contribution is -2.39. The molecule has 0 aliphatic carbocycles. The molecule has 1 saturated heterocycles. The van der Waals surface area contributed by atoms with Crippen molar-refractivity contribution in [3.8, 4) is 23.0 Å². The van der Waals surface area contributed by atoms with Gasteiger partial charge in [-0.2, -0.15) is 0 Å². The van der Waals surface area contributed by atoms with Crippen LogP contribution < -0.4 is 14.2 Å². The molecular weight excluding hydrogens is 322 g/mol. The zero-order valence-corrected chi connectivity index (χ0v) is 14.1. The lowest BCUT2D eigenvalue weighted by Gasteiger charge is -2.35. The van der Waals surface area contributed by atoms with Crippen LogP contribution in [0.25, 0.3) is 0 Å². The lowest BCUT2D eigenvalue weighted by molar-refractivity contribution is 0.0235. The van der Waals surface area contributed by atoms with E-state index >= 15 is 0 Å². The van der Waals surface area contributed by atoms with Gasteiger partial charge in [-0.05, 0) is 23.8 Å². The van der Waals surface area contributed by atoms with E-state index in [0.29, 0.717) is 24.7 Å². The van der Waals surface area contributed by atoms with Gasteiger partial charge in [0.25, 0.3) is 0 Å². The van der Waals surface area contributed by atoms with Crippen LogP contribution in [0.3, 0.4) is 0 Å². The van der Waals surface area contributed by atoms with Gasteiger partial charge in [-0.3, -0.25) is 4.90 Å². The van der Waals surface area contributed by atoms with Crippen LogP contribution in [0.5, 0.6) is 23.0 Å². The first kappa shape index (κ1) is 16.1. The number of nitrogens with zero attached hydrogens (tertiary/aromatic N) is 1. The average molecular weight is 343 g/mol. The highest BCUT2D eigenvalue weighted by Gasteiger charge is 2.29. The van der Waals surface area contributed by atoms with E-state index in [1.165, 1.54) is 0 Å². The number of morpholine rings is 1. The van der Waals surface area contributed by atoms with Gasteiger partial charge < -0.3 is 24.1 Å². The number of benzene rings is 2. The first-order valence-corrected chi connectivity index (χ1v) is 8.34. The van der Waals surface area contributed by atoms with Crippen LogP contribution in [0, 0.1) is 0 Å². The third-order valence-electron chi connectivity index (χ3n) is 4.66. The Morgan fingerprint density at radius 2 is 1.72 bits per heavy atom. The Morgan fingerprint density at radius 3 is 2.40 bits per heavy atom. The summed E-state index contributed by atoms with van der Waals surface area (Å²) in [7, 11) is 1.65. The van der Waals surface area contributed by atoms with Crippen LogP contribution in [0.15, 0.2) is 36.4 Å². The van der Waals surface area contributed by atoms with Gasteiger partial charge in [-0.1, -0.05) is 12.1 Å². The molecule has 0 amide bonds. The molecule has 0 spiro atoms. The second-order valence-electron chi connectivity index (χ2n) is 6.09. The Kier molecular flexibility index (Phi) is 4.38. The van der Waals surface area contributed by atoms with E-state index in [-0.39, 0.29) is 18.6 Å². The molecule has 1 N–H and O–H groups in total. The van der Waals surface area contributed by atoms with Gasteiger partial charge in [0.05, 0.1) is 26.4 Å². The third kappa shape index (κ3) is 3.10. The fourth-order valence-electron chi connectivity index (χ4n) is 3.37. The number of phenols is 1. The molecule has 4 rings (SSSR count). The van der Waals surface area contributed by atoms with Crippen LogP contribution in [-0.4, -0.2) is 50.2 Å². The first-order chi connectivity index (χ1) is 12.3. The number of aromatic hydroxyl groups is 1. The zero-order valence-electron chi connectivity index (χ0n) is 14.1. The number of methoxy groups -OCH3 is 1. The van der Waals surface area contributed by atoms with Crippen molar-refractivity contribution in [2.24, 2.45) is 0 Å². The van der Waals surface area contributed by atoms with Gasteiger partial charge in [-0.25, -0.2) is 0 Å². The molecule has 6 heteroatoms. The molecule has 2 heterocycles. The maximum Gasteiger partial charge on any atom is 0.231 e. The number of rotatable bonds is 4. The van der Waals surface area contributed by atoms with Crippen molar-refractivity contribution in [3.63, 3.8) is 0 Å². The topological polar surface area (TPSA) is 60.4 Å². The Balaban J connectivity index is 1.76. The van der Waals surface area contributed by atoms with Crippen molar-refractivity contribution in [2.75, 3.05) is 40.2 Å². The van der Waals surface area contributed by atoms with Crippen molar-refractivity contribution in [1.82, 2.24) is 4.90 Å². The van der Waals surface area contributed by atoms with E-state index in [0.717, 1.165) is 30.0 Å². The molecule has 2 aliphatic heterocycles. The number of hydrogen-bond donors (Lipinski definition) is 1. The Bertz CT molecular complexity index is 740. The Labute approximate surface area is 146 Å². The summed E-state index contributed by atoms with van der Waals surface area (Å²) in [6, 6.07) is 11.4. The summed E-state index contributed by atoms with van der Waals surface area (Å²) in [6.07, 6.45) is 0. The molecule has 1 atom stereocenters. The molecule has 6 nitrogen and oxygen atoms in total. The summed E-state index contributed by atoms with van der Waals surface area (Å²) in [5.41, 5.74) is 1.88. The van der Waals surface area contributed by atoms with Crippen molar-refractivity contribution in [1.29, 1.82) is 0 Å². The Morgan fingerprint density at radius 1 is 1.04 bits per heavy atom. The predicted octanol–water partition coefficient (Wildman–Crippen LogP) is 2.55. The predicted molar refractivity (Wildman–Crippen MR) is 91.5 cm³/mol. The van der Waals surface area contributed by atoms with Gasteiger partial charge in [0.15, 0.2) is 11.5 Å². The van der Waals surface area contributed by atoms with Crippen molar-refractivity contribution in [2.45, 2.75) is 6.04 Å². The normalized spacial score (nSPS) is 18.1. The van der Waals surface area contributed by atoms with Crippen molar-refractivity contribution < 1.29 is 24.1 Å². The number of ether oxygens (including phenoxy) is 4. The summed E-state index contributed by atoms with van der Waals surface area (Å²) >= 11 is 0. The quantitative estimate of drug-likeness (QED) is 0.921. The maximum atomic E-state index is 10.6. The van der Waals surface area contributed by atoms with E-state index in [1.807, 2.05) is 30.3 Å². The highest BCUT2D eigenvalue weighted by molar-refractivity contribution is 5.54. The first-order valence-electron chi connectivity index (χ1n) is 8.34. The van der Waals surface area contributed by atoms with Crippen LogP contribution in [-0.2, 0) is 4.74 Å². The van der Waals surface area contributed by atoms with Gasteiger partial charge in [0.1, 0.15) is 11.5 Å². The zero-order chi connectivity index (χ0) is 17.2. The number of phenolic OH excluding ortho intramolecular Hbond substituents is 1. The molecule has 132 valence electrons. The van der Waals surface area contributed by atoms with E-state index in [1.54, 1.807) is 13.2 Å². The highest BCUT2D eigenvalue weighted by Crippen LogP contribution is 2.43. The number of fused-ring (bicyclic) bond motifs is 1. The Hall–Kier alpha value is -2.44. The van der Waals surface area contributed by atoms with Gasteiger partial charge in [0, 0.05) is 24.7 Å². The van der Waals surface area contributed by atoms with Crippen molar-refractivity contribution in [3.05, 3.63) is 47.5 Å². The molecular formula is C19H21NO5. The summed E-state index contributed by atoms with van der Waals surface area (Å²) < 4.78 is 21.6. The highest BCUT2D eigenvalue weighted by atomic mass is 16.7. The summed E-state index contributed by atoms with van der Waals surface area (Å²) in [5.74, 6) is 2.26. The molecule has 2 aliphatic rings. The summed E-state index contributed by atoms with van der Waals surface area (Å²) in [5, 5.41) is 10.6. The molecule has 0 unspecified atom stereocenters. The fraction of sp³-hybridized carbons (Fsp3) is 0.368. The lowest BCUT2D eigenvalue weighted by atomic mass is 9.95. The molecule has 25 heavy (non-hydrogen) atoms. The minimum absolute atomic E-state index is 0.0932. The minimum Gasteiger partial charge on any atom is -0.507 e. The van der Waals surface area contributed by atoms with Crippen LogP contribution in [0.4, 0.5) is 0 Å². The van der Waals surface area contributed by atoms with Crippen LogP contribution >= 0.6 is 0 Å². The van der Waals surface area contributed by atoms with Gasteiger partial charge in [0.2, 0.25) is 6.79 Å². The van der Waals surface area contributed by atoms with Crippen LogP contribution in [0.2, 0.25) is 0 Å². The van der Waals surface area contributed by atoms with E-state index in [9.17, 15) is 5.11 Å². The minimum atomic E-state index is -0.0932. The average Bonchev–Trinajstić information content (AvgIpc) is 3.11. The molecule has 0 bridgehead atoms. The standard InChI is InChI=1S/C19H21NO5/c1-22-14-4-2-13(3-5-14)19(20-6-8-23-9-7-20)15-10-17-18(11-16(15)21)25-12-24-17/h2-5,10-11,19,21H,6-9,12H2,1H3/t19-/m0/s1. The molecule has 2 aromatic rings. The van der Waals surface area contributed by atoms with Crippen LogP contribution in [0.1, 0.15) is 17.2 Å². The molecule has 0 saturated carbocycles. The second-order valence-corrected chi connectivity index (χ2v) is 6.09. The largest absolute Gasteiger partial charge is 0.507 e. The number of hydrogen-bond acceptors (Lipinski definition) is 6. The summed E-state index contributed by atoms with van der Waals surface area (Å²) in [6.45, 7) is 3.13. The molecule has 2 aromatic carbocycles. The van der Waals surface area contributed by atoms with Crippen molar-refractivity contribution >= 4 is 0 Å². The summed E-state index contributed by atoms with van der Waals surface area (Å²) in [4.78, 5) is 2.31. The van der Waals surface area contributed by atoms with Gasteiger partial charge >= 0.3 is 0 Å². The fourth-order valence-corrected chi connectivity index (χ4v) is 3.37. The molecule has 0 radical (unpaired) electrons. The second kappa shape index (κ2) is 6.82. The molecule has 1 fully saturated rings.